The predicted octanol–water partition coefficient (Wildman–Crippen LogP) is 1.64. The average Bonchev–Trinajstić information content (AvgIpc) is 3.08. The molecule has 23 heavy (non-hydrogen) atoms. The third-order valence-corrected chi connectivity index (χ3v) is 4.34. The number of nitrogens with zero attached hydrogens (tertiary/aromatic N) is 1. The zero-order valence-corrected chi connectivity index (χ0v) is 14.0. The highest BCUT2D eigenvalue weighted by molar-refractivity contribution is 5.97. The number of nitrogens with one attached hydrogen (secondary N) is 2. The Kier molecular flexibility index (Phi) is 6.65. The van der Waals surface area contributed by atoms with Crippen LogP contribution in [-0.2, 0) is 4.79 Å². The van der Waals surface area contributed by atoms with Crippen molar-refractivity contribution in [2.75, 3.05) is 26.2 Å². The van der Waals surface area contributed by atoms with Gasteiger partial charge in [-0.25, -0.2) is 0 Å². The molecular formula is C17H27N3O3. The summed E-state index contributed by atoms with van der Waals surface area (Å²) in [5.41, 5.74) is 0.424. The molecule has 1 aliphatic heterocycles. The minimum absolute atomic E-state index is 0.141. The number of piperidine rings is 1. The Hall–Kier alpha value is -1.82. The van der Waals surface area contributed by atoms with Crippen LogP contribution in [0.2, 0.25) is 0 Å². The van der Waals surface area contributed by atoms with E-state index in [1.807, 2.05) is 0 Å². The number of hydrogen-bond acceptors (Lipinski definition) is 4. The number of likely N-dealkylation sites (tertiary alicyclic amines) is 1. The van der Waals surface area contributed by atoms with Crippen molar-refractivity contribution in [3.63, 3.8) is 0 Å². The Morgan fingerprint density at radius 1 is 1.39 bits per heavy atom. The maximum Gasteiger partial charge on any atom is 0.255 e. The molecule has 1 aliphatic rings. The molecule has 2 N–H and O–H groups in total. The second-order valence-corrected chi connectivity index (χ2v) is 6.24. The molecule has 6 heteroatoms. The van der Waals surface area contributed by atoms with Gasteiger partial charge < -0.3 is 20.0 Å². The Balaban J connectivity index is 1.67. The molecule has 0 radical (unpaired) electrons. The van der Waals surface area contributed by atoms with E-state index in [0.717, 1.165) is 32.5 Å². The molecule has 1 aromatic rings. The van der Waals surface area contributed by atoms with E-state index in [0.29, 0.717) is 18.0 Å². The van der Waals surface area contributed by atoms with Gasteiger partial charge in [-0.05, 0) is 57.8 Å². The van der Waals surface area contributed by atoms with Crippen molar-refractivity contribution in [2.45, 2.75) is 39.2 Å². The monoisotopic (exact) mass is 321 g/mol. The van der Waals surface area contributed by atoms with Crippen LogP contribution in [0.5, 0.6) is 0 Å². The van der Waals surface area contributed by atoms with Crippen molar-refractivity contribution >= 4 is 11.8 Å². The summed E-state index contributed by atoms with van der Waals surface area (Å²) in [6.07, 6.45) is 6.23. The van der Waals surface area contributed by atoms with E-state index < -0.39 is 6.04 Å². The van der Waals surface area contributed by atoms with Gasteiger partial charge >= 0.3 is 0 Å². The van der Waals surface area contributed by atoms with Gasteiger partial charge in [0, 0.05) is 6.54 Å². The predicted molar refractivity (Wildman–Crippen MR) is 88.1 cm³/mol. The number of carbonyl (C=O) groups is 2. The van der Waals surface area contributed by atoms with E-state index in [-0.39, 0.29) is 11.8 Å². The van der Waals surface area contributed by atoms with Crippen LogP contribution in [0.15, 0.2) is 23.0 Å². The summed E-state index contributed by atoms with van der Waals surface area (Å²) < 4.78 is 4.87. The lowest BCUT2D eigenvalue weighted by Gasteiger charge is -2.31. The van der Waals surface area contributed by atoms with Gasteiger partial charge in [0.25, 0.3) is 5.91 Å². The fourth-order valence-corrected chi connectivity index (χ4v) is 2.87. The summed E-state index contributed by atoms with van der Waals surface area (Å²) in [4.78, 5) is 26.4. The lowest BCUT2D eigenvalue weighted by molar-refractivity contribution is -0.122. The summed E-state index contributed by atoms with van der Waals surface area (Å²) in [6, 6.07) is 1.02. The average molecular weight is 321 g/mol. The molecule has 0 bridgehead atoms. The van der Waals surface area contributed by atoms with Gasteiger partial charge in [0.1, 0.15) is 12.3 Å². The van der Waals surface area contributed by atoms with E-state index in [2.05, 4.69) is 22.5 Å². The van der Waals surface area contributed by atoms with Crippen LogP contribution in [0, 0.1) is 5.92 Å². The topological polar surface area (TPSA) is 74.6 Å². The van der Waals surface area contributed by atoms with E-state index in [1.165, 1.54) is 18.9 Å². The number of amides is 2. The van der Waals surface area contributed by atoms with Crippen molar-refractivity contribution in [1.29, 1.82) is 0 Å². The minimum atomic E-state index is -0.558. The molecular weight excluding hydrogens is 294 g/mol. The van der Waals surface area contributed by atoms with E-state index in [9.17, 15) is 9.59 Å². The summed E-state index contributed by atoms with van der Waals surface area (Å²) in [7, 11) is 0. The van der Waals surface area contributed by atoms with E-state index in [1.54, 1.807) is 13.0 Å². The summed E-state index contributed by atoms with van der Waals surface area (Å²) in [5, 5.41) is 5.63. The van der Waals surface area contributed by atoms with Gasteiger partial charge in [-0.15, -0.1) is 0 Å². The Morgan fingerprint density at radius 3 is 2.74 bits per heavy atom. The highest BCUT2D eigenvalue weighted by Gasteiger charge is 2.21. The molecule has 0 spiro atoms. The highest BCUT2D eigenvalue weighted by atomic mass is 16.3. The SMILES string of the molecule is CCCN1CCC(CNC(=O)[C@@H](C)NC(=O)c2ccoc2)CC1. The van der Waals surface area contributed by atoms with Crippen molar-refractivity contribution < 1.29 is 14.0 Å². The molecule has 0 saturated carbocycles. The molecule has 128 valence electrons. The van der Waals surface area contributed by atoms with Gasteiger partial charge in [-0.2, -0.15) is 0 Å². The molecule has 0 aliphatic carbocycles. The zero-order chi connectivity index (χ0) is 16.7. The standard InChI is InChI=1S/C17H27N3O3/c1-3-7-20-8-4-14(5-9-20)11-18-16(21)13(2)19-17(22)15-6-10-23-12-15/h6,10,12-14H,3-5,7-9,11H2,1-2H3,(H,18,21)(H,19,22)/t13-/m1/s1. The second-order valence-electron chi connectivity index (χ2n) is 6.24. The van der Waals surface area contributed by atoms with Crippen molar-refractivity contribution in [3.05, 3.63) is 24.2 Å². The van der Waals surface area contributed by atoms with Crippen LogP contribution in [0.1, 0.15) is 43.5 Å². The molecule has 1 saturated heterocycles. The van der Waals surface area contributed by atoms with Crippen molar-refractivity contribution in [2.24, 2.45) is 5.92 Å². The molecule has 0 unspecified atom stereocenters. The molecule has 1 aromatic heterocycles. The maximum atomic E-state index is 12.1. The smallest absolute Gasteiger partial charge is 0.255 e. The zero-order valence-electron chi connectivity index (χ0n) is 14.0. The number of hydrogen-bond donors (Lipinski definition) is 2. The van der Waals surface area contributed by atoms with Gasteiger partial charge in [-0.1, -0.05) is 6.92 Å². The molecule has 1 atom stereocenters. The summed E-state index contributed by atoms with van der Waals surface area (Å²) >= 11 is 0. The van der Waals surface area contributed by atoms with Crippen LogP contribution in [-0.4, -0.2) is 48.9 Å². The van der Waals surface area contributed by atoms with Gasteiger partial charge in [0.2, 0.25) is 5.91 Å². The molecule has 2 rings (SSSR count). The van der Waals surface area contributed by atoms with Crippen LogP contribution >= 0.6 is 0 Å². The van der Waals surface area contributed by atoms with Gasteiger partial charge in [-0.3, -0.25) is 9.59 Å². The second kappa shape index (κ2) is 8.72. The Morgan fingerprint density at radius 2 is 2.13 bits per heavy atom. The molecule has 2 amide bonds. The lowest BCUT2D eigenvalue weighted by atomic mass is 9.96. The third kappa shape index (κ3) is 5.39. The Bertz CT molecular complexity index is 493. The highest BCUT2D eigenvalue weighted by Crippen LogP contribution is 2.16. The first-order chi connectivity index (χ1) is 11.1. The third-order valence-electron chi connectivity index (χ3n) is 4.34. The van der Waals surface area contributed by atoms with Crippen molar-refractivity contribution in [1.82, 2.24) is 15.5 Å². The quantitative estimate of drug-likeness (QED) is 0.800. The lowest BCUT2D eigenvalue weighted by Crippen LogP contribution is -2.47. The maximum absolute atomic E-state index is 12.1. The van der Waals surface area contributed by atoms with Crippen LogP contribution in [0.25, 0.3) is 0 Å². The first-order valence-electron chi connectivity index (χ1n) is 8.43. The van der Waals surface area contributed by atoms with E-state index >= 15 is 0 Å². The number of rotatable bonds is 7. The minimum Gasteiger partial charge on any atom is -0.472 e. The summed E-state index contributed by atoms with van der Waals surface area (Å²) in [6.45, 7) is 7.96. The normalized spacial score (nSPS) is 17.7. The fourth-order valence-electron chi connectivity index (χ4n) is 2.87. The van der Waals surface area contributed by atoms with Crippen LogP contribution in [0.3, 0.4) is 0 Å². The van der Waals surface area contributed by atoms with Gasteiger partial charge in [0.15, 0.2) is 0 Å². The molecule has 1 fully saturated rings. The Labute approximate surface area is 137 Å². The summed E-state index contributed by atoms with van der Waals surface area (Å²) in [5.74, 6) is 0.0935. The molecule has 0 aromatic carbocycles. The van der Waals surface area contributed by atoms with Gasteiger partial charge in [0.05, 0.1) is 11.8 Å². The van der Waals surface area contributed by atoms with E-state index in [4.69, 9.17) is 4.42 Å². The molecule has 2 heterocycles. The molecule has 6 nitrogen and oxygen atoms in total. The fraction of sp³-hybridized carbons (Fsp3) is 0.647. The first kappa shape index (κ1) is 17.5. The number of carbonyl (C=O) groups excluding carboxylic acids is 2. The van der Waals surface area contributed by atoms with Crippen LogP contribution < -0.4 is 10.6 Å². The van der Waals surface area contributed by atoms with Crippen LogP contribution in [0.4, 0.5) is 0 Å². The first-order valence-corrected chi connectivity index (χ1v) is 8.43. The largest absolute Gasteiger partial charge is 0.472 e. The van der Waals surface area contributed by atoms with Crippen molar-refractivity contribution in [3.8, 4) is 0 Å². The number of furan rings is 1.